The lowest BCUT2D eigenvalue weighted by Gasteiger charge is -2.17. The molecule has 1 aromatic carbocycles. The number of benzene rings is 1. The predicted octanol–water partition coefficient (Wildman–Crippen LogP) is 4.19. The summed E-state index contributed by atoms with van der Waals surface area (Å²) in [6, 6.07) is 8.44. The van der Waals surface area contributed by atoms with Gasteiger partial charge in [0.2, 0.25) is 0 Å². The Morgan fingerprint density at radius 1 is 1.38 bits per heavy atom. The fourth-order valence-electron chi connectivity index (χ4n) is 2.76. The minimum atomic E-state index is 0.135. The number of halogens is 2. The Balaban J connectivity index is 2.23. The van der Waals surface area contributed by atoms with Crippen LogP contribution in [0.5, 0.6) is 0 Å². The molecule has 6 heteroatoms. The van der Waals surface area contributed by atoms with Crippen LogP contribution in [0, 0.1) is 6.92 Å². The van der Waals surface area contributed by atoms with Gasteiger partial charge in [-0.3, -0.25) is 4.68 Å². The van der Waals surface area contributed by atoms with Gasteiger partial charge in [-0.25, -0.2) is 4.98 Å². The third kappa shape index (κ3) is 2.38. The van der Waals surface area contributed by atoms with E-state index in [1.807, 2.05) is 30.8 Å². The fourth-order valence-corrected chi connectivity index (χ4v) is 3.36. The molecule has 0 radical (unpaired) electrons. The van der Waals surface area contributed by atoms with Crippen molar-refractivity contribution in [1.82, 2.24) is 19.3 Å². The molecule has 1 atom stereocenters. The molecular formula is C15H16BrClN4. The number of aromatic nitrogens is 4. The third-order valence-electron chi connectivity index (χ3n) is 3.75. The number of hydrogen-bond donors (Lipinski definition) is 0. The lowest BCUT2D eigenvalue weighted by molar-refractivity contribution is 0.607. The molecule has 110 valence electrons. The summed E-state index contributed by atoms with van der Waals surface area (Å²) in [4.78, 5) is 4.66. The number of hydrogen-bond acceptors (Lipinski definition) is 2. The van der Waals surface area contributed by atoms with Crippen LogP contribution in [-0.2, 0) is 12.9 Å². The molecule has 0 saturated carbocycles. The molecule has 0 aliphatic rings. The van der Waals surface area contributed by atoms with Gasteiger partial charge in [-0.15, -0.1) is 11.6 Å². The van der Waals surface area contributed by atoms with Crippen LogP contribution in [0.4, 0.5) is 0 Å². The Morgan fingerprint density at radius 2 is 2.14 bits per heavy atom. The van der Waals surface area contributed by atoms with Crippen molar-refractivity contribution in [3.8, 4) is 0 Å². The molecular weight excluding hydrogens is 352 g/mol. The van der Waals surface area contributed by atoms with Crippen LogP contribution in [0.15, 0.2) is 28.7 Å². The van der Waals surface area contributed by atoms with Crippen LogP contribution in [0.2, 0.25) is 0 Å². The highest BCUT2D eigenvalue weighted by Crippen LogP contribution is 2.29. The maximum Gasteiger partial charge on any atom is 0.159 e. The Bertz CT molecular complexity index is 805. The molecule has 3 aromatic rings. The molecule has 0 fully saturated rings. The van der Waals surface area contributed by atoms with Gasteiger partial charge in [0, 0.05) is 11.5 Å². The van der Waals surface area contributed by atoms with Gasteiger partial charge >= 0.3 is 0 Å². The molecule has 2 aromatic heterocycles. The second kappa shape index (κ2) is 5.46. The molecule has 0 amide bonds. The van der Waals surface area contributed by atoms with Crippen molar-refractivity contribution in [1.29, 1.82) is 0 Å². The van der Waals surface area contributed by atoms with Crippen LogP contribution >= 0.6 is 27.5 Å². The SMILES string of the molecule is Cc1nn(C)c2c1nc(CCl)n2C(C)c1cccc(Br)c1. The monoisotopic (exact) mass is 366 g/mol. The second-order valence-electron chi connectivity index (χ2n) is 5.14. The van der Waals surface area contributed by atoms with Gasteiger partial charge in [0.05, 0.1) is 17.6 Å². The van der Waals surface area contributed by atoms with E-state index in [2.05, 4.69) is 49.6 Å². The van der Waals surface area contributed by atoms with E-state index in [0.29, 0.717) is 5.88 Å². The summed E-state index contributed by atoms with van der Waals surface area (Å²) in [5.41, 5.74) is 4.07. The van der Waals surface area contributed by atoms with Gasteiger partial charge in [-0.05, 0) is 31.5 Å². The first-order valence-corrected chi connectivity index (χ1v) is 8.07. The van der Waals surface area contributed by atoms with Crippen molar-refractivity contribution in [3.63, 3.8) is 0 Å². The Labute approximate surface area is 136 Å². The normalized spacial score (nSPS) is 13.0. The average molecular weight is 368 g/mol. The van der Waals surface area contributed by atoms with Gasteiger partial charge in [-0.2, -0.15) is 5.10 Å². The minimum Gasteiger partial charge on any atom is -0.305 e. The smallest absolute Gasteiger partial charge is 0.159 e. The van der Waals surface area contributed by atoms with Crippen molar-refractivity contribution in [2.75, 3.05) is 0 Å². The maximum absolute atomic E-state index is 6.11. The number of imidazole rings is 1. The topological polar surface area (TPSA) is 35.6 Å². The number of aryl methyl sites for hydroxylation is 2. The highest BCUT2D eigenvalue weighted by Gasteiger charge is 2.21. The third-order valence-corrected chi connectivity index (χ3v) is 4.48. The first-order valence-electron chi connectivity index (χ1n) is 6.74. The van der Waals surface area contributed by atoms with Crippen molar-refractivity contribution in [2.24, 2.45) is 7.05 Å². The number of nitrogens with zero attached hydrogens (tertiary/aromatic N) is 4. The maximum atomic E-state index is 6.11. The highest BCUT2D eigenvalue weighted by atomic mass is 79.9. The number of fused-ring (bicyclic) bond motifs is 1. The average Bonchev–Trinajstić information content (AvgIpc) is 2.97. The Morgan fingerprint density at radius 3 is 2.81 bits per heavy atom. The zero-order valence-electron chi connectivity index (χ0n) is 12.1. The van der Waals surface area contributed by atoms with Crippen molar-refractivity contribution >= 4 is 38.7 Å². The summed E-state index contributed by atoms with van der Waals surface area (Å²) in [5.74, 6) is 1.25. The van der Waals surface area contributed by atoms with Crippen LogP contribution in [0.25, 0.3) is 11.2 Å². The molecule has 0 saturated heterocycles. The molecule has 0 bridgehead atoms. The fraction of sp³-hybridized carbons (Fsp3) is 0.333. The quantitative estimate of drug-likeness (QED) is 0.651. The molecule has 0 aliphatic carbocycles. The van der Waals surface area contributed by atoms with E-state index in [1.165, 1.54) is 5.56 Å². The van der Waals surface area contributed by atoms with Gasteiger partial charge in [0.25, 0.3) is 0 Å². The van der Waals surface area contributed by atoms with Crippen LogP contribution < -0.4 is 0 Å². The first-order chi connectivity index (χ1) is 10.0. The van der Waals surface area contributed by atoms with Crippen LogP contribution in [0.3, 0.4) is 0 Å². The van der Waals surface area contributed by atoms with Crippen LogP contribution in [0.1, 0.15) is 30.0 Å². The molecule has 21 heavy (non-hydrogen) atoms. The zero-order chi connectivity index (χ0) is 15.1. The Kier molecular flexibility index (Phi) is 3.80. The summed E-state index contributed by atoms with van der Waals surface area (Å²) >= 11 is 9.63. The first kappa shape index (κ1) is 14.6. The second-order valence-corrected chi connectivity index (χ2v) is 6.33. The summed E-state index contributed by atoms with van der Waals surface area (Å²) in [6.45, 7) is 4.13. The van der Waals surface area contributed by atoms with Crippen molar-refractivity contribution in [3.05, 3.63) is 45.8 Å². The van der Waals surface area contributed by atoms with E-state index in [0.717, 1.165) is 27.2 Å². The lowest BCUT2D eigenvalue weighted by Crippen LogP contribution is -2.12. The zero-order valence-corrected chi connectivity index (χ0v) is 14.5. The van der Waals surface area contributed by atoms with Crippen LogP contribution in [-0.4, -0.2) is 19.3 Å². The lowest BCUT2D eigenvalue weighted by atomic mass is 10.1. The Hall–Kier alpha value is -1.33. The molecule has 0 aliphatic heterocycles. The summed E-state index contributed by atoms with van der Waals surface area (Å²) < 4.78 is 5.11. The molecule has 0 N–H and O–H groups in total. The molecule has 2 heterocycles. The van der Waals surface area contributed by atoms with Gasteiger partial charge in [0.1, 0.15) is 11.3 Å². The van der Waals surface area contributed by atoms with E-state index >= 15 is 0 Å². The van der Waals surface area contributed by atoms with Gasteiger partial charge in [0.15, 0.2) is 5.65 Å². The minimum absolute atomic E-state index is 0.135. The molecule has 0 spiro atoms. The van der Waals surface area contributed by atoms with E-state index in [1.54, 1.807) is 0 Å². The highest BCUT2D eigenvalue weighted by molar-refractivity contribution is 9.10. The van der Waals surface area contributed by atoms with Gasteiger partial charge < -0.3 is 4.57 Å². The standard InChI is InChI=1S/C15H16BrClN4/c1-9-14-15(20(3)19-9)21(13(8-17)18-14)10(2)11-5-4-6-12(16)7-11/h4-7,10H,8H2,1-3H3. The summed E-state index contributed by atoms with van der Waals surface area (Å²) in [5, 5.41) is 4.46. The largest absolute Gasteiger partial charge is 0.305 e. The number of rotatable bonds is 3. The van der Waals surface area contributed by atoms with E-state index < -0.39 is 0 Å². The van der Waals surface area contributed by atoms with Crippen molar-refractivity contribution < 1.29 is 0 Å². The molecule has 4 nitrogen and oxygen atoms in total. The van der Waals surface area contributed by atoms with E-state index in [-0.39, 0.29) is 6.04 Å². The predicted molar refractivity (Wildman–Crippen MR) is 88.7 cm³/mol. The number of alkyl halides is 1. The van der Waals surface area contributed by atoms with E-state index in [9.17, 15) is 0 Å². The van der Waals surface area contributed by atoms with Crippen molar-refractivity contribution in [2.45, 2.75) is 25.8 Å². The van der Waals surface area contributed by atoms with E-state index in [4.69, 9.17) is 11.6 Å². The summed E-state index contributed by atoms with van der Waals surface area (Å²) in [6.07, 6.45) is 0. The summed E-state index contributed by atoms with van der Waals surface area (Å²) in [7, 11) is 1.94. The molecule has 1 unspecified atom stereocenters. The molecule has 3 rings (SSSR count). The van der Waals surface area contributed by atoms with Gasteiger partial charge in [-0.1, -0.05) is 28.1 Å².